The summed E-state index contributed by atoms with van der Waals surface area (Å²) < 4.78 is 81.9. The first kappa shape index (κ1) is 24.1. The lowest BCUT2D eigenvalue weighted by atomic mass is 10.1. The second-order valence-corrected chi connectivity index (χ2v) is 8.08. The number of nitrogens with zero attached hydrogens (tertiary/aromatic N) is 2. The van der Waals surface area contributed by atoms with Crippen LogP contribution in [-0.4, -0.2) is 21.9 Å². The van der Waals surface area contributed by atoms with E-state index in [1.165, 1.54) is 36.4 Å². The lowest BCUT2D eigenvalue weighted by molar-refractivity contribution is -0.274. The van der Waals surface area contributed by atoms with E-state index in [1.807, 2.05) is 20.8 Å². The number of ether oxygens (including phenoxy) is 1. The Kier molecular flexibility index (Phi) is 6.44. The number of nitrogens with one attached hydrogen (secondary N) is 2. The van der Waals surface area contributed by atoms with E-state index in [4.69, 9.17) is 0 Å². The summed E-state index contributed by atoms with van der Waals surface area (Å²) in [5.41, 5.74) is -1.19. The van der Waals surface area contributed by atoms with Gasteiger partial charge in [0.05, 0.1) is 16.9 Å². The fraction of sp³-hybridized carbons (Fsp3) is 0.273. The largest absolute Gasteiger partial charge is 0.573 e. The minimum absolute atomic E-state index is 0.0191. The van der Waals surface area contributed by atoms with Crippen molar-refractivity contribution >= 4 is 17.5 Å². The molecule has 1 heterocycles. The molecule has 176 valence electrons. The predicted octanol–water partition coefficient (Wildman–Crippen LogP) is 7.02. The van der Waals surface area contributed by atoms with Gasteiger partial charge < -0.3 is 15.4 Å². The Bertz CT molecular complexity index is 1120. The van der Waals surface area contributed by atoms with Gasteiger partial charge in [0.15, 0.2) is 0 Å². The van der Waals surface area contributed by atoms with Crippen molar-refractivity contribution in [2.45, 2.75) is 38.8 Å². The van der Waals surface area contributed by atoms with E-state index >= 15 is 0 Å². The number of hydrogen-bond donors (Lipinski definition) is 2. The molecule has 0 amide bonds. The fourth-order valence-corrected chi connectivity index (χ4v) is 2.88. The van der Waals surface area contributed by atoms with E-state index in [2.05, 4.69) is 25.3 Å². The minimum Gasteiger partial charge on any atom is -0.406 e. The molecule has 0 spiro atoms. The Morgan fingerprint density at radius 1 is 0.818 bits per heavy atom. The summed E-state index contributed by atoms with van der Waals surface area (Å²) in [5, 5.41) is 5.67. The van der Waals surface area contributed by atoms with E-state index in [-0.39, 0.29) is 28.7 Å². The van der Waals surface area contributed by atoms with Gasteiger partial charge >= 0.3 is 12.5 Å². The van der Waals surface area contributed by atoms with Crippen LogP contribution in [0.4, 0.5) is 43.8 Å². The van der Waals surface area contributed by atoms with Gasteiger partial charge in [-0.15, -0.1) is 13.2 Å². The maximum Gasteiger partial charge on any atom is 0.573 e. The molecule has 2 N–H and O–H groups in total. The van der Waals surface area contributed by atoms with Crippen molar-refractivity contribution in [2.24, 2.45) is 0 Å². The van der Waals surface area contributed by atoms with E-state index in [0.717, 1.165) is 18.2 Å². The number of benzene rings is 2. The highest BCUT2D eigenvalue weighted by Gasteiger charge is 2.33. The van der Waals surface area contributed by atoms with E-state index in [0.29, 0.717) is 0 Å². The van der Waals surface area contributed by atoms with Gasteiger partial charge in [-0.05, 0) is 45.0 Å². The number of para-hydroxylation sites is 1. The van der Waals surface area contributed by atoms with Crippen molar-refractivity contribution in [1.82, 2.24) is 9.97 Å². The molecule has 0 bridgehead atoms. The van der Waals surface area contributed by atoms with Crippen molar-refractivity contribution < 1.29 is 31.1 Å². The summed E-state index contributed by atoms with van der Waals surface area (Å²) in [4.78, 5) is 8.55. The second-order valence-electron chi connectivity index (χ2n) is 8.08. The average molecular weight is 470 g/mol. The lowest BCUT2D eigenvalue weighted by Crippen LogP contribution is -2.27. The molecule has 33 heavy (non-hydrogen) atoms. The van der Waals surface area contributed by atoms with Crippen LogP contribution in [0.15, 0.2) is 54.6 Å². The quantitative estimate of drug-likeness (QED) is 0.393. The summed E-state index contributed by atoms with van der Waals surface area (Å²) in [5.74, 6) is -0.361. The van der Waals surface area contributed by atoms with Crippen LogP contribution in [0, 0.1) is 0 Å². The summed E-state index contributed by atoms with van der Waals surface area (Å²) in [7, 11) is 0. The maximum absolute atomic E-state index is 13.4. The van der Waals surface area contributed by atoms with Crippen LogP contribution in [0.1, 0.15) is 26.3 Å². The van der Waals surface area contributed by atoms with Gasteiger partial charge in [0, 0.05) is 17.2 Å². The lowest BCUT2D eigenvalue weighted by Gasteiger charge is -2.22. The molecule has 0 saturated carbocycles. The standard InChI is InChI=1S/C22H20F6N4O/c1-20(2,3)32-19-30-17(13-7-6-8-14(11-13)33-22(26,27)28)12-18(31-19)29-16-10-5-4-9-15(16)21(23,24)25/h4-12H,1-3H3,(H2,29,30,31,32). The zero-order valence-electron chi connectivity index (χ0n) is 17.8. The molecule has 5 nitrogen and oxygen atoms in total. The first-order valence-electron chi connectivity index (χ1n) is 9.66. The third-order valence-corrected chi connectivity index (χ3v) is 4.07. The molecule has 0 fully saturated rings. The van der Waals surface area contributed by atoms with Crippen molar-refractivity contribution in [2.75, 3.05) is 10.6 Å². The zero-order valence-corrected chi connectivity index (χ0v) is 17.8. The Morgan fingerprint density at radius 3 is 2.15 bits per heavy atom. The molecule has 2 aromatic carbocycles. The number of halogens is 6. The van der Waals surface area contributed by atoms with Crippen molar-refractivity contribution in [3.63, 3.8) is 0 Å². The number of rotatable bonds is 5. The molecule has 0 aliphatic rings. The molecular formula is C22H20F6N4O. The normalized spacial score (nSPS) is 12.4. The Labute approximate surface area is 185 Å². The Hall–Kier alpha value is -3.50. The molecule has 1 aromatic heterocycles. The number of aromatic nitrogens is 2. The molecular weight excluding hydrogens is 450 g/mol. The highest BCUT2D eigenvalue weighted by Crippen LogP contribution is 2.36. The Balaban J connectivity index is 2.06. The van der Waals surface area contributed by atoms with Crippen LogP contribution < -0.4 is 15.4 Å². The summed E-state index contributed by atoms with van der Waals surface area (Å²) in [6.45, 7) is 5.48. The molecule has 11 heteroatoms. The van der Waals surface area contributed by atoms with E-state index in [1.54, 1.807) is 0 Å². The SMILES string of the molecule is CC(C)(C)Nc1nc(Nc2ccccc2C(F)(F)F)cc(-c2cccc(OC(F)(F)F)c2)n1. The summed E-state index contributed by atoms with van der Waals surface area (Å²) >= 11 is 0. The topological polar surface area (TPSA) is 59.1 Å². The molecule has 0 aliphatic carbocycles. The molecule has 0 atom stereocenters. The summed E-state index contributed by atoms with van der Waals surface area (Å²) in [6.07, 6.45) is -9.48. The highest BCUT2D eigenvalue weighted by molar-refractivity contribution is 5.69. The first-order chi connectivity index (χ1) is 15.2. The molecule has 0 saturated heterocycles. The smallest absolute Gasteiger partial charge is 0.406 e. The van der Waals surface area contributed by atoms with Crippen LogP contribution in [0.2, 0.25) is 0 Å². The number of anilines is 3. The Morgan fingerprint density at radius 2 is 1.52 bits per heavy atom. The van der Waals surface area contributed by atoms with Gasteiger partial charge in [0.1, 0.15) is 11.6 Å². The first-order valence-corrected chi connectivity index (χ1v) is 9.66. The minimum atomic E-state index is -4.88. The van der Waals surface area contributed by atoms with Gasteiger partial charge in [-0.1, -0.05) is 24.3 Å². The average Bonchev–Trinajstić information content (AvgIpc) is 2.65. The van der Waals surface area contributed by atoms with E-state index in [9.17, 15) is 26.3 Å². The zero-order chi connectivity index (χ0) is 24.4. The third kappa shape index (κ3) is 6.99. The highest BCUT2D eigenvalue weighted by atomic mass is 19.4. The van der Waals surface area contributed by atoms with Gasteiger partial charge in [-0.25, -0.2) is 4.98 Å². The van der Waals surface area contributed by atoms with Crippen LogP contribution in [0.5, 0.6) is 5.75 Å². The number of hydrogen-bond acceptors (Lipinski definition) is 5. The van der Waals surface area contributed by atoms with Crippen LogP contribution >= 0.6 is 0 Å². The van der Waals surface area contributed by atoms with Crippen molar-refractivity contribution in [3.8, 4) is 17.0 Å². The van der Waals surface area contributed by atoms with Crippen LogP contribution in [0.25, 0.3) is 11.3 Å². The number of alkyl halides is 6. The molecule has 3 rings (SSSR count). The van der Waals surface area contributed by atoms with Gasteiger partial charge in [-0.3, -0.25) is 0 Å². The fourth-order valence-electron chi connectivity index (χ4n) is 2.88. The molecule has 3 aromatic rings. The van der Waals surface area contributed by atoms with E-state index < -0.39 is 29.4 Å². The second kappa shape index (κ2) is 8.80. The third-order valence-electron chi connectivity index (χ3n) is 4.07. The van der Waals surface area contributed by atoms with Gasteiger partial charge in [0.2, 0.25) is 5.95 Å². The molecule has 0 radical (unpaired) electrons. The predicted molar refractivity (Wildman–Crippen MR) is 112 cm³/mol. The van der Waals surface area contributed by atoms with Gasteiger partial charge in [0.25, 0.3) is 0 Å². The van der Waals surface area contributed by atoms with Crippen LogP contribution in [0.3, 0.4) is 0 Å². The van der Waals surface area contributed by atoms with Crippen molar-refractivity contribution in [1.29, 1.82) is 0 Å². The van der Waals surface area contributed by atoms with Gasteiger partial charge in [-0.2, -0.15) is 18.2 Å². The molecule has 0 unspecified atom stereocenters. The monoisotopic (exact) mass is 470 g/mol. The maximum atomic E-state index is 13.4. The van der Waals surface area contributed by atoms with Crippen molar-refractivity contribution in [3.05, 3.63) is 60.2 Å². The molecule has 0 aliphatic heterocycles. The van der Waals surface area contributed by atoms with Crippen LogP contribution in [-0.2, 0) is 6.18 Å². The summed E-state index contributed by atoms with van der Waals surface area (Å²) in [6, 6.07) is 11.3.